The molecule has 0 fully saturated rings. The third-order valence-electron chi connectivity index (χ3n) is 5.41. The van der Waals surface area contributed by atoms with Crippen LogP contribution in [0.1, 0.15) is 36.3 Å². The largest absolute Gasteiger partial charge is 0.477 e. The fraction of sp³-hybridized carbons (Fsp3) is 0.348. The molecule has 0 amide bonds. The summed E-state index contributed by atoms with van der Waals surface area (Å²) < 4.78 is 100. The van der Waals surface area contributed by atoms with Crippen molar-refractivity contribution in [3.05, 3.63) is 65.6 Å². The molecule has 192 valence electrons. The van der Waals surface area contributed by atoms with Gasteiger partial charge in [0, 0.05) is 6.42 Å². The van der Waals surface area contributed by atoms with Crippen LogP contribution in [0.4, 0.5) is 32.0 Å². The van der Waals surface area contributed by atoms with Gasteiger partial charge in [0.05, 0.1) is 18.9 Å². The Labute approximate surface area is 200 Å². The van der Waals surface area contributed by atoms with E-state index in [4.69, 9.17) is 19.6 Å². The Morgan fingerprint density at radius 1 is 1.03 bits per heavy atom. The van der Waals surface area contributed by atoms with Gasteiger partial charge in [-0.1, -0.05) is 42.5 Å². The molecule has 13 heteroatoms. The van der Waals surface area contributed by atoms with E-state index in [2.05, 4.69) is 15.2 Å². The Bertz CT molecular complexity index is 1230. The molecule has 0 saturated carbocycles. The molecule has 0 spiro atoms. The highest BCUT2D eigenvalue weighted by Gasteiger charge is 2.61. The van der Waals surface area contributed by atoms with E-state index in [1.54, 1.807) is 30.3 Å². The van der Waals surface area contributed by atoms with E-state index in [0.717, 1.165) is 0 Å². The van der Waals surface area contributed by atoms with Crippen LogP contribution in [-0.2, 0) is 23.1 Å². The number of fused-ring (bicyclic) bond motifs is 5. The van der Waals surface area contributed by atoms with E-state index in [-0.39, 0.29) is 19.4 Å². The van der Waals surface area contributed by atoms with Gasteiger partial charge < -0.3 is 19.6 Å². The lowest BCUT2D eigenvalue weighted by Crippen LogP contribution is -2.45. The fourth-order valence-electron chi connectivity index (χ4n) is 3.52. The molecule has 0 saturated heterocycles. The SMILES string of the molecule is Nc1cc(C(F)(F)F)c2nc1-c1nnc(o1)C(OCc1ccccc1)(C(F)(F)F)CC=CCCCO2. The quantitative estimate of drug-likeness (QED) is 0.347. The monoisotopic (exact) mass is 514 g/mol. The van der Waals surface area contributed by atoms with Gasteiger partial charge in [0.25, 0.3) is 11.8 Å². The summed E-state index contributed by atoms with van der Waals surface area (Å²) in [7, 11) is 0. The number of alkyl halides is 6. The summed E-state index contributed by atoms with van der Waals surface area (Å²) in [6, 6.07) is 8.76. The first-order valence-corrected chi connectivity index (χ1v) is 10.8. The average Bonchev–Trinajstić information content (AvgIpc) is 3.30. The molecule has 1 unspecified atom stereocenters. The Kier molecular flexibility index (Phi) is 6.94. The Morgan fingerprint density at radius 3 is 2.47 bits per heavy atom. The lowest BCUT2D eigenvalue weighted by atomic mass is 9.97. The normalized spacial score (nSPS) is 18.9. The molecular formula is C23H20F6N4O3. The maximum absolute atomic E-state index is 14.6. The lowest BCUT2D eigenvalue weighted by molar-refractivity contribution is -0.295. The van der Waals surface area contributed by atoms with Crippen LogP contribution >= 0.6 is 0 Å². The van der Waals surface area contributed by atoms with Crippen LogP contribution in [0.15, 0.2) is 53.0 Å². The standard InChI is InChI=1S/C23H20F6N4O3/c24-22(25,26)15-12-16(30)17-19-32-33-20(36-19)21(23(27,28)29,35-13-14-8-4-3-5-9-14)10-6-1-2-7-11-34-18(15)31-17/h1,3-6,8-9,12H,2,7,10-11,13,30H2. The van der Waals surface area contributed by atoms with Gasteiger partial charge in [-0.15, -0.1) is 10.2 Å². The summed E-state index contributed by atoms with van der Waals surface area (Å²) in [5, 5.41) is 7.15. The second kappa shape index (κ2) is 9.80. The molecule has 2 aromatic heterocycles. The van der Waals surface area contributed by atoms with Crippen molar-refractivity contribution in [2.75, 3.05) is 12.3 Å². The molecule has 1 aliphatic heterocycles. The van der Waals surface area contributed by atoms with Crippen LogP contribution in [0, 0.1) is 0 Å². The van der Waals surface area contributed by atoms with Crippen molar-refractivity contribution in [3.63, 3.8) is 0 Å². The third kappa shape index (κ3) is 5.15. The number of halogens is 6. The number of pyridine rings is 1. The van der Waals surface area contributed by atoms with Gasteiger partial charge in [-0.3, -0.25) is 0 Å². The molecule has 1 aliphatic rings. The summed E-state index contributed by atoms with van der Waals surface area (Å²) in [6.07, 6.45) is -7.38. The topological polar surface area (TPSA) is 96.3 Å². The Morgan fingerprint density at radius 2 is 1.78 bits per heavy atom. The van der Waals surface area contributed by atoms with Gasteiger partial charge in [-0.2, -0.15) is 26.3 Å². The molecular weight excluding hydrogens is 494 g/mol. The van der Waals surface area contributed by atoms with Crippen molar-refractivity contribution in [2.24, 2.45) is 0 Å². The van der Waals surface area contributed by atoms with Gasteiger partial charge in [0.15, 0.2) is 5.69 Å². The van der Waals surface area contributed by atoms with Crippen molar-refractivity contribution >= 4 is 5.69 Å². The zero-order chi connectivity index (χ0) is 26.0. The molecule has 4 rings (SSSR count). The molecule has 3 aromatic rings. The molecule has 1 aromatic carbocycles. The predicted octanol–water partition coefficient (Wildman–Crippen LogP) is 5.83. The van der Waals surface area contributed by atoms with Crippen molar-refractivity contribution in [3.8, 4) is 17.5 Å². The smallest absolute Gasteiger partial charge is 0.426 e. The van der Waals surface area contributed by atoms with Crippen molar-refractivity contribution in [2.45, 2.75) is 43.8 Å². The Hall–Kier alpha value is -3.61. The number of ether oxygens (including phenoxy) is 2. The lowest BCUT2D eigenvalue weighted by Gasteiger charge is -2.31. The van der Waals surface area contributed by atoms with Gasteiger partial charge in [0.1, 0.15) is 5.56 Å². The molecule has 0 aliphatic carbocycles. The molecule has 36 heavy (non-hydrogen) atoms. The summed E-state index contributed by atoms with van der Waals surface area (Å²) in [5.74, 6) is -2.35. The zero-order valence-electron chi connectivity index (χ0n) is 18.6. The number of anilines is 1. The van der Waals surface area contributed by atoms with Crippen LogP contribution in [0.3, 0.4) is 0 Å². The van der Waals surface area contributed by atoms with Gasteiger partial charge in [-0.25, -0.2) is 4.98 Å². The fourth-order valence-corrected chi connectivity index (χ4v) is 3.52. The maximum atomic E-state index is 14.6. The van der Waals surface area contributed by atoms with Crippen LogP contribution in [0.25, 0.3) is 11.6 Å². The van der Waals surface area contributed by atoms with Crippen LogP contribution in [0.5, 0.6) is 5.88 Å². The van der Waals surface area contributed by atoms with Gasteiger partial charge in [0.2, 0.25) is 11.5 Å². The highest BCUT2D eigenvalue weighted by Crippen LogP contribution is 2.46. The second-order valence-corrected chi connectivity index (χ2v) is 7.95. The van der Waals surface area contributed by atoms with E-state index >= 15 is 0 Å². The first-order valence-electron chi connectivity index (χ1n) is 10.8. The van der Waals surface area contributed by atoms with E-state index < -0.39 is 65.6 Å². The van der Waals surface area contributed by atoms with E-state index in [0.29, 0.717) is 11.6 Å². The molecule has 3 heterocycles. The van der Waals surface area contributed by atoms with Gasteiger partial charge in [-0.05, 0) is 24.5 Å². The minimum Gasteiger partial charge on any atom is -0.477 e. The van der Waals surface area contributed by atoms with Crippen molar-refractivity contribution in [1.82, 2.24) is 15.2 Å². The number of nitrogen functional groups attached to an aromatic ring is 1. The molecule has 1 atom stereocenters. The summed E-state index contributed by atoms with van der Waals surface area (Å²) in [6.45, 7) is -0.599. The number of allylic oxidation sites excluding steroid dienone is 1. The Balaban J connectivity index is 1.83. The van der Waals surface area contributed by atoms with E-state index in [1.807, 2.05) is 0 Å². The number of nitrogens with zero attached hydrogens (tertiary/aromatic N) is 3. The van der Waals surface area contributed by atoms with E-state index in [1.165, 1.54) is 12.2 Å². The highest BCUT2D eigenvalue weighted by molar-refractivity contribution is 5.68. The summed E-state index contributed by atoms with van der Waals surface area (Å²) in [4.78, 5) is 3.77. The number of hydrogen-bond donors (Lipinski definition) is 1. The molecule has 0 radical (unpaired) electrons. The number of aromatic nitrogens is 3. The number of hydrogen-bond acceptors (Lipinski definition) is 7. The van der Waals surface area contributed by atoms with Gasteiger partial charge >= 0.3 is 12.4 Å². The average molecular weight is 514 g/mol. The molecule has 4 bridgehead atoms. The summed E-state index contributed by atoms with van der Waals surface area (Å²) >= 11 is 0. The second-order valence-electron chi connectivity index (χ2n) is 7.95. The molecule has 7 nitrogen and oxygen atoms in total. The zero-order valence-corrected chi connectivity index (χ0v) is 18.6. The highest BCUT2D eigenvalue weighted by atomic mass is 19.4. The number of nitrogens with two attached hydrogens (primary N) is 1. The molecule has 2 N–H and O–H groups in total. The third-order valence-corrected chi connectivity index (χ3v) is 5.41. The minimum absolute atomic E-state index is 0.173. The van der Waals surface area contributed by atoms with Crippen molar-refractivity contribution < 1.29 is 40.2 Å². The first kappa shape index (κ1) is 25.5. The number of benzene rings is 1. The first-order chi connectivity index (χ1) is 17.0. The van der Waals surface area contributed by atoms with Crippen LogP contribution < -0.4 is 10.5 Å². The predicted molar refractivity (Wildman–Crippen MR) is 114 cm³/mol. The van der Waals surface area contributed by atoms with Crippen LogP contribution in [0.2, 0.25) is 0 Å². The van der Waals surface area contributed by atoms with Crippen LogP contribution in [-0.4, -0.2) is 28.0 Å². The minimum atomic E-state index is -5.00. The number of rotatable bonds is 3. The van der Waals surface area contributed by atoms with Crippen molar-refractivity contribution in [1.29, 1.82) is 0 Å². The summed E-state index contributed by atoms with van der Waals surface area (Å²) in [5.41, 5.74) is 0.981. The maximum Gasteiger partial charge on any atom is 0.426 e. The van der Waals surface area contributed by atoms with E-state index in [9.17, 15) is 26.3 Å².